The molecule has 1 atom stereocenters. The smallest absolute Gasteiger partial charge is 0.0467 e. The van der Waals surface area contributed by atoms with Crippen LogP contribution in [0, 0.1) is 0 Å². The second-order valence-electron chi connectivity index (χ2n) is 13.6. The van der Waals surface area contributed by atoms with E-state index >= 15 is 0 Å². The molecular weight excluding hydrogens is 615 g/mol. The molecule has 7 aromatic carbocycles. The van der Waals surface area contributed by atoms with Crippen LogP contribution in [-0.4, -0.2) is 0 Å². The zero-order valence-electron chi connectivity index (χ0n) is 28.6. The lowest BCUT2D eigenvalue weighted by Crippen LogP contribution is -2.17. The van der Waals surface area contributed by atoms with Crippen molar-refractivity contribution < 1.29 is 0 Å². The monoisotopic (exact) mass is 653 g/mol. The molecule has 2 aliphatic carbocycles. The molecule has 1 unspecified atom stereocenters. The molecule has 244 valence electrons. The summed E-state index contributed by atoms with van der Waals surface area (Å²) in [7, 11) is 0. The topological polar surface area (TPSA) is 3.24 Å². The lowest BCUT2D eigenvalue weighted by Gasteiger charge is -2.30. The highest BCUT2D eigenvalue weighted by atomic mass is 15.1. The molecule has 7 aromatic rings. The van der Waals surface area contributed by atoms with E-state index in [0.29, 0.717) is 5.92 Å². The summed E-state index contributed by atoms with van der Waals surface area (Å²) in [5, 5.41) is 5.11. The van der Waals surface area contributed by atoms with Gasteiger partial charge >= 0.3 is 0 Å². The van der Waals surface area contributed by atoms with E-state index < -0.39 is 0 Å². The van der Waals surface area contributed by atoms with Gasteiger partial charge in [0.05, 0.1) is 0 Å². The van der Waals surface area contributed by atoms with Crippen molar-refractivity contribution in [2.45, 2.75) is 25.2 Å². The van der Waals surface area contributed by atoms with Gasteiger partial charge in [0.25, 0.3) is 0 Å². The number of hydrogen-bond donors (Lipinski definition) is 0. The Morgan fingerprint density at radius 1 is 0.549 bits per heavy atom. The van der Waals surface area contributed by atoms with Gasteiger partial charge in [0, 0.05) is 23.0 Å². The maximum absolute atomic E-state index is 2.44. The van der Waals surface area contributed by atoms with Gasteiger partial charge in [0.1, 0.15) is 0 Å². The fraction of sp³-hybridized carbons (Fsp3) is 0.0800. The summed E-state index contributed by atoms with van der Waals surface area (Å²) in [5.41, 5.74) is 12.6. The summed E-state index contributed by atoms with van der Waals surface area (Å²) in [5.74, 6) is 0.369. The van der Waals surface area contributed by atoms with Crippen molar-refractivity contribution in [2.75, 3.05) is 4.90 Å². The Kier molecular flexibility index (Phi) is 8.24. The standard InChI is InChI=1S/C50H39N/c1-4-14-36(15-5-1)38-24-28-43(29-25-38)51(44-30-26-39(27-31-44)37-16-6-2-7-17-37)45-32-33-48(49(35-45)40-18-8-3-9-19-40)50-46-22-12-10-20-41(46)34-42-21-11-13-23-47(42)50/h1-8,10-18,20-26,28-35,39H,9,19,27H2. The van der Waals surface area contributed by atoms with Crippen molar-refractivity contribution in [3.05, 3.63) is 211 Å². The maximum Gasteiger partial charge on any atom is 0.0467 e. The van der Waals surface area contributed by atoms with Crippen LogP contribution in [0.15, 0.2) is 200 Å². The quantitative estimate of drug-likeness (QED) is 0.155. The number of benzene rings is 7. The number of nitrogens with zero attached hydrogens (tertiary/aromatic N) is 1. The van der Waals surface area contributed by atoms with E-state index in [-0.39, 0.29) is 0 Å². The van der Waals surface area contributed by atoms with Crippen molar-refractivity contribution in [2.24, 2.45) is 0 Å². The van der Waals surface area contributed by atoms with Crippen LogP contribution < -0.4 is 4.90 Å². The average molecular weight is 654 g/mol. The molecule has 0 spiro atoms. The molecular formula is C50H39N. The highest BCUT2D eigenvalue weighted by Gasteiger charge is 2.22. The third-order valence-corrected chi connectivity index (χ3v) is 10.5. The van der Waals surface area contributed by atoms with Crippen LogP contribution in [0.25, 0.3) is 49.4 Å². The largest absolute Gasteiger partial charge is 0.311 e. The van der Waals surface area contributed by atoms with Gasteiger partial charge in [-0.1, -0.05) is 158 Å². The van der Waals surface area contributed by atoms with Gasteiger partial charge in [0.15, 0.2) is 0 Å². The highest BCUT2D eigenvalue weighted by Crippen LogP contribution is 2.44. The molecule has 51 heavy (non-hydrogen) atoms. The van der Waals surface area contributed by atoms with Gasteiger partial charge in [-0.15, -0.1) is 0 Å². The summed E-state index contributed by atoms with van der Waals surface area (Å²) in [6.45, 7) is 0. The summed E-state index contributed by atoms with van der Waals surface area (Å²) < 4.78 is 0. The second-order valence-corrected chi connectivity index (χ2v) is 13.6. The number of rotatable bonds is 7. The summed E-state index contributed by atoms with van der Waals surface area (Å²) >= 11 is 0. The Balaban J connectivity index is 1.22. The molecule has 0 N–H and O–H groups in total. The lowest BCUT2D eigenvalue weighted by atomic mass is 9.85. The summed E-state index contributed by atoms with van der Waals surface area (Å²) in [6, 6.07) is 57.7. The summed E-state index contributed by atoms with van der Waals surface area (Å²) in [4.78, 5) is 2.44. The van der Waals surface area contributed by atoms with Crippen molar-refractivity contribution in [3.63, 3.8) is 0 Å². The Hall–Kier alpha value is -6.18. The van der Waals surface area contributed by atoms with Crippen LogP contribution in [0.2, 0.25) is 0 Å². The minimum Gasteiger partial charge on any atom is -0.311 e. The molecule has 1 heteroatoms. The van der Waals surface area contributed by atoms with Gasteiger partial charge in [-0.2, -0.15) is 0 Å². The van der Waals surface area contributed by atoms with Crippen LogP contribution in [0.4, 0.5) is 11.4 Å². The van der Waals surface area contributed by atoms with E-state index in [0.717, 1.165) is 30.6 Å². The molecule has 1 nitrogen and oxygen atoms in total. The predicted octanol–water partition coefficient (Wildman–Crippen LogP) is 13.8. The highest BCUT2D eigenvalue weighted by molar-refractivity contribution is 6.14. The SMILES string of the molecule is C1=CCCC(c2cc(N(C3=CCC(c4ccccc4)C=C3)c3ccc(-c4ccccc4)cc3)ccc2-c2c3ccccc3cc3ccccc23)=C1. The molecule has 9 rings (SSSR count). The van der Waals surface area contributed by atoms with E-state index in [1.54, 1.807) is 0 Å². The average Bonchev–Trinajstić information content (AvgIpc) is 3.21. The Morgan fingerprint density at radius 3 is 1.86 bits per heavy atom. The Bertz CT molecular complexity index is 2430. The van der Waals surface area contributed by atoms with Crippen molar-refractivity contribution >= 4 is 38.5 Å². The van der Waals surface area contributed by atoms with E-state index in [2.05, 4.69) is 199 Å². The minimum atomic E-state index is 0.369. The van der Waals surface area contributed by atoms with Crippen molar-refractivity contribution in [1.82, 2.24) is 0 Å². The van der Waals surface area contributed by atoms with Crippen molar-refractivity contribution in [1.29, 1.82) is 0 Å². The second kappa shape index (κ2) is 13.6. The predicted molar refractivity (Wildman–Crippen MR) is 218 cm³/mol. The first-order valence-electron chi connectivity index (χ1n) is 18.1. The van der Waals surface area contributed by atoms with Crippen LogP contribution in [0.5, 0.6) is 0 Å². The van der Waals surface area contributed by atoms with Gasteiger partial charge in [-0.05, 0) is 116 Å². The normalized spacial score (nSPS) is 15.5. The van der Waals surface area contributed by atoms with Crippen LogP contribution in [0.3, 0.4) is 0 Å². The lowest BCUT2D eigenvalue weighted by molar-refractivity contribution is 0.840. The van der Waals surface area contributed by atoms with Crippen LogP contribution in [-0.2, 0) is 0 Å². The molecule has 0 saturated heterocycles. The minimum absolute atomic E-state index is 0.369. The fourth-order valence-electron chi connectivity index (χ4n) is 7.89. The van der Waals surface area contributed by atoms with Crippen molar-refractivity contribution in [3.8, 4) is 22.3 Å². The zero-order valence-corrected chi connectivity index (χ0v) is 28.6. The van der Waals surface area contributed by atoms with Crippen LogP contribution >= 0.6 is 0 Å². The molecule has 0 bridgehead atoms. The molecule has 0 fully saturated rings. The number of hydrogen-bond acceptors (Lipinski definition) is 1. The molecule has 0 aromatic heterocycles. The molecule has 0 aliphatic heterocycles. The Labute approximate surface area is 300 Å². The van der Waals surface area contributed by atoms with E-state index in [1.807, 2.05) is 0 Å². The fourth-order valence-corrected chi connectivity index (χ4v) is 7.89. The van der Waals surface area contributed by atoms with E-state index in [4.69, 9.17) is 0 Å². The molecule has 2 aliphatic rings. The molecule has 0 amide bonds. The first-order valence-corrected chi connectivity index (χ1v) is 18.1. The number of allylic oxidation sites excluding steroid dienone is 7. The van der Waals surface area contributed by atoms with Crippen LogP contribution in [0.1, 0.15) is 36.3 Å². The third kappa shape index (κ3) is 6.02. The first-order chi connectivity index (χ1) is 25.3. The third-order valence-electron chi connectivity index (χ3n) is 10.5. The molecule has 0 radical (unpaired) electrons. The van der Waals surface area contributed by atoms with E-state index in [1.165, 1.54) is 66.2 Å². The van der Waals surface area contributed by atoms with Gasteiger partial charge in [-0.25, -0.2) is 0 Å². The molecule has 0 heterocycles. The zero-order chi connectivity index (χ0) is 34.0. The molecule has 0 saturated carbocycles. The van der Waals surface area contributed by atoms with Gasteiger partial charge in [0.2, 0.25) is 0 Å². The first kappa shape index (κ1) is 30.8. The summed E-state index contributed by atoms with van der Waals surface area (Å²) in [6.07, 6.45) is 17.0. The van der Waals surface area contributed by atoms with Gasteiger partial charge in [-0.3, -0.25) is 0 Å². The number of fused-ring (bicyclic) bond motifs is 2. The number of anilines is 2. The maximum atomic E-state index is 2.44. The van der Waals surface area contributed by atoms with E-state index in [9.17, 15) is 0 Å². The van der Waals surface area contributed by atoms with Gasteiger partial charge < -0.3 is 4.90 Å². The Morgan fingerprint density at radius 2 is 1.20 bits per heavy atom.